The zero-order valence-corrected chi connectivity index (χ0v) is 13.8. The Morgan fingerprint density at radius 2 is 2.00 bits per heavy atom. The van der Waals surface area contributed by atoms with Crippen molar-refractivity contribution < 1.29 is 17.9 Å². The molecule has 1 saturated heterocycles. The Balaban J connectivity index is 1.60. The van der Waals surface area contributed by atoms with Crippen molar-refractivity contribution in [1.29, 1.82) is 0 Å². The number of carbonyl (C=O) groups is 1. The Morgan fingerprint density at radius 1 is 1.22 bits per heavy atom. The van der Waals surface area contributed by atoms with Crippen molar-refractivity contribution in [2.45, 2.75) is 25.7 Å². The first-order valence-electron chi connectivity index (χ1n) is 7.99. The van der Waals surface area contributed by atoms with Crippen LogP contribution in [0, 0.1) is 5.92 Å². The van der Waals surface area contributed by atoms with Gasteiger partial charge in [0, 0.05) is 6.54 Å². The van der Waals surface area contributed by atoms with Crippen LogP contribution in [-0.2, 0) is 14.8 Å². The topological polar surface area (TPSA) is 63.7 Å². The molecule has 6 heteroatoms. The third-order valence-corrected chi connectivity index (χ3v) is 6.19. The van der Waals surface area contributed by atoms with Gasteiger partial charge in [0.2, 0.25) is 10.0 Å². The van der Waals surface area contributed by atoms with E-state index < -0.39 is 10.0 Å². The Labute approximate surface area is 137 Å². The minimum absolute atomic E-state index is 0.187. The number of hydrogen-bond donors (Lipinski definition) is 0. The smallest absolute Gasteiger partial charge is 0.338 e. The van der Waals surface area contributed by atoms with E-state index in [9.17, 15) is 13.2 Å². The van der Waals surface area contributed by atoms with Gasteiger partial charge in [-0.25, -0.2) is 13.2 Å². The summed E-state index contributed by atoms with van der Waals surface area (Å²) < 4.78 is 30.5. The maximum absolute atomic E-state index is 12.1. The van der Waals surface area contributed by atoms with Gasteiger partial charge in [0.25, 0.3) is 0 Å². The van der Waals surface area contributed by atoms with Gasteiger partial charge in [-0.3, -0.25) is 4.31 Å². The summed E-state index contributed by atoms with van der Waals surface area (Å²) in [6, 6.07) is 6.60. The van der Waals surface area contributed by atoms with Crippen molar-refractivity contribution in [1.82, 2.24) is 0 Å². The number of hydrogen-bond acceptors (Lipinski definition) is 4. The molecular formula is C17H21NO4S. The maximum atomic E-state index is 12.1. The van der Waals surface area contributed by atoms with Crippen LogP contribution in [0.1, 0.15) is 36.0 Å². The van der Waals surface area contributed by atoms with E-state index in [0.717, 1.165) is 19.3 Å². The van der Waals surface area contributed by atoms with Gasteiger partial charge in [-0.05, 0) is 55.9 Å². The average molecular weight is 335 g/mol. The summed E-state index contributed by atoms with van der Waals surface area (Å²) in [5.74, 6) is 0.237. The largest absolute Gasteiger partial charge is 0.462 e. The number of ether oxygens (including phenoxy) is 1. The van der Waals surface area contributed by atoms with Crippen molar-refractivity contribution in [2.24, 2.45) is 5.92 Å². The van der Waals surface area contributed by atoms with Crippen LogP contribution >= 0.6 is 0 Å². The molecule has 1 heterocycles. The van der Waals surface area contributed by atoms with Crippen LogP contribution in [0.25, 0.3) is 0 Å². The summed E-state index contributed by atoms with van der Waals surface area (Å²) in [6.07, 6.45) is 7.98. The highest BCUT2D eigenvalue weighted by Gasteiger charge is 2.28. The average Bonchev–Trinajstić information content (AvgIpc) is 2.93. The van der Waals surface area contributed by atoms with Gasteiger partial charge in [-0.15, -0.1) is 0 Å². The Bertz CT molecular complexity index is 694. The third kappa shape index (κ3) is 3.75. The molecule has 23 heavy (non-hydrogen) atoms. The van der Waals surface area contributed by atoms with Gasteiger partial charge in [-0.1, -0.05) is 12.2 Å². The van der Waals surface area contributed by atoms with Crippen molar-refractivity contribution in [3.05, 3.63) is 42.0 Å². The molecule has 2 aliphatic rings. The first kappa shape index (κ1) is 16.1. The van der Waals surface area contributed by atoms with E-state index in [4.69, 9.17) is 4.74 Å². The predicted octanol–water partition coefficient (Wildman–Crippen LogP) is 2.74. The number of esters is 1. The van der Waals surface area contributed by atoms with Crippen molar-refractivity contribution in [3.8, 4) is 0 Å². The lowest BCUT2D eigenvalue weighted by Gasteiger charge is -2.18. The zero-order chi connectivity index (χ0) is 16.3. The molecule has 0 radical (unpaired) electrons. The van der Waals surface area contributed by atoms with Crippen LogP contribution in [0.2, 0.25) is 0 Å². The van der Waals surface area contributed by atoms with Crippen molar-refractivity contribution in [2.75, 3.05) is 23.2 Å². The number of rotatable bonds is 4. The molecule has 1 aromatic rings. The molecule has 0 aromatic heterocycles. The van der Waals surface area contributed by atoms with Crippen LogP contribution < -0.4 is 4.31 Å². The fourth-order valence-electron chi connectivity index (χ4n) is 2.98. The highest BCUT2D eigenvalue weighted by Crippen LogP contribution is 2.24. The molecule has 1 aromatic carbocycles. The first-order valence-corrected chi connectivity index (χ1v) is 9.60. The van der Waals surface area contributed by atoms with Crippen molar-refractivity contribution >= 4 is 21.7 Å². The molecule has 0 amide bonds. The summed E-state index contributed by atoms with van der Waals surface area (Å²) in [5, 5.41) is 0. The summed E-state index contributed by atoms with van der Waals surface area (Å²) in [7, 11) is -3.19. The molecular weight excluding hydrogens is 314 g/mol. The van der Waals surface area contributed by atoms with Gasteiger partial charge >= 0.3 is 5.97 Å². The molecule has 1 unspecified atom stereocenters. The number of allylic oxidation sites excluding steroid dienone is 2. The van der Waals surface area contributed by atoms with E-state index in [0.29, 0.717) is 36.7 Å². The molecule has 1 aliphatic heterocycles. The van der Waals surface area contributed by atoms with Gasteiger partial charge in [0.05, 0.1) is 23.6 Å². The quantitative estimate of drug-likeness (QED) is 0.627. The number of nitrogens with zero attached hydrogens (tertiary/aromatic N) is 1. The maximum Gasteiger partial charge on any atom is 0.338 e. The SMILES string of the molecule is O=C(OCC1CC=CCC1)c1ccc(N2CCCS2(=O)=O)cc1. The minimum Gasteiger partial charge on any atom is -0.462 e. The lowest BCUT2D eigenvalue weighted by molar-refractivity contribution is 0.0432. The second kappa shape index (κ2) is 6.74. The molecule has 1 fully saturated rings. The summed E-state index contributed by atoms with van der Waals surface area (Å²) in [5.41, 5.74) is 1.06. The number of sulfonamides is 1. The highest BCUT2D eigenvalue weighted by atomic mass is 32.2. The molecule has 0 spiro atoms. The van der Waals surface area contributed by atoms with E-state index in [1.807, 2.05) is 0 Å². The van der Waals surface area contributed by atoms with Crippen LogP contribution in [0.4, 0.5) is 5.69 Å². The van der Waals surface area contributed by atoms with Crippen LogP contribution in [0.5, 0.6) is 0 Å². The Hall–Kier alpha value is -1.82. The molecule has 0 N–H and O–H groups in total. The molecule has 124 valence electrons. The lowest BCUT2D eigenvalue weighted by Crippen LogP contribution is -2.25. The highest BCUT2D eigenvalue weighted by molar-refractivity contribution is 7.93. The monoisotopic (exact) mass is 335 g/mol. The molecule has 5 nitrogen and oxygen atoms in total. The lowest BCUT2D eigenvalue weighted by atomic mass is 9.95. The summed E-state index contributed by atoms with van der Waals surface area (Å²) in [6.45, 7) is 0.937. The number of benzene rings is 1. The Kier molecular flexibility index (Phi) is 4.71. The van der Waals surface area contributed by atoms with Gasteiger partial charge in [0.15, 0.2) is 0 Å². The molecule has 1 atom stereocenters. The van der Waals surface area contributed by atoms with E-state index in [-0.39, 0.29) is 11.7 Å². The van der Waals surface area contributed by atoms with E-state index in [1.165, 1.54) is 4.31 Å². The minimum atomic E-state index is -3.19. The van der Waals surface area contributed by atoms with E-state index in [1.54, 1.807) is 24.3 Å². The van der Waals surface area contributed by atoms with Crippen LogP contribution in [0.15, 0.2) is 36.4 Å². The molecule has 1 aliphatic carbocycles. The fraction of sp³-hybridized carbons (Fsp3) is 0.471. The van der Waals surface area contributed by atoms with Crippen LogP contribution in [-0.4, -0.2) is 33.3 Å². The summed E-state index contributed by atoms with van der Waals surface area (Å²) >= 11 is 0. The number of carbonyl (C=O) groups excluding carboxylic acids is 1. The first-order chi connectivity index (χ1) is 11.1. The van der Waals surface area contributed by atoms with Crippen LogP contribution in [0.3, 0.4) is 0 Å². The second-order valence-corrected chi connectivity index (χ2v) is 8.05. The number of anilines is 1. The zero-order valence-electron chi connectivity index (χ0n) is 13.0. The third-order valence-electron chi connectivity index (χ3n) is 4.32. The van der Waals surface area contributed by atoms with E-state index >= 15 is 0 Å². The predicted molar refractivity (Wildman–Crippen MR) is 89.0 cm³/mol. The summed E-state index contributed by atoms with van der Waals surface area (Å²) in [4.78, 5) is 12.1. The van der Waals surface area contributed by atoms with Gasteiger partial charge in [-0.2, -0.15) is 0 Å². The Morgan fingerprint density at radius 3 is 2.61 bits per heavy atom. The fourth-order valence-corrected chi connectivity index (χ4v) is 4.54. The second-order valence-electron chi connectivity index (χ2n) is 6.04. The van der Waals surface area contributed by atoms with Gasteiger partial charge < -0.3 is 4.74 Å². The van der Waals surface area contributed by atoms with Crippen molar-refractivity contribution in [3.63, 3.8) is 0 Å². The van der Waals surface area contributed by atoms with Gasteiger partial charge in [0.1, 0.15) is 0 Å². The standard InChI is InChI=1S/C17H21NO4S/c19-17(22-13-14-5-2-1-3-6-14)15-7-9-16(10-8-15)18-11-4-12-23(18,20)21/h1-2,7-10,14H,3-6,11-13H2. The molecule has 3 rings (SSSR count). The molecule has 0 saturated carbocycles. The normalized spacial score (nSPS) is 23.0. The molecule has 0 bridgehead atoms. The van der Waals surface area contributed by atoms with E-state index in [2.05, 4.69) is 12.2 Å².